The number of rotatable bonds is 8. The average molecular weight is 475 g/mol. The highest BCUT2D eigenvalue weighted by atomic mass is 35.5. The van der Waals surface area contributed by atoms with Gasteiger partial charge in [0, 0.05) is 37.6 Å². The van der Waals surface area contributed by atoms with E-state index in [0.717, 1.165) is 5.69 Å². The lowest BCUT2D eigenvalue weighted by atomic mass is 10.1. The van der Waals surface area contributed by atoms with E-state index >= 15 is 0 Å². The summed E-state index contributed by atoms with van der Waals surface area (Å²) in [5.41, 5.74) is 1.57. The summed E-state index contributed by atoms with van der Waals surface area (Å²) in [6.45, 7) is 4.48. The predicted molar refractivity (Wildman–Crippen MR) is 128 cm³/mol. The van der Waals surface area contributed by atoms with Gasteiger partial charge in [-0.05, 0) is 24.1 Å². The first kappa shape index (κ1) is 23.7. The summed E-state index contributed by atoms with van der Waals surface area (Å²) >= 11 is 12.3. The third-order valence-corrected chi connectivity index (χ3v) is 5.20. The fourth-order valence-corrected chi connectivity index (χ4v) is 3.42. The first-order valence-electron chi connectivity index (χ1n) is 9.98. The van der Waals surface area contributed by atoms with Crippen LogP contribution in [0.1, 0.15) is 35.8 Å². The molecule has 10 heteroatoms. The Balaban J connectivity index is 1.83. The van der Waals surface area contributed by atoms with Gasteiger partial charge in [-0.2, -0.15) is 4.98 Å². The fourth-order valence-electron chi connectivity index (χ4n) is 2.85. The lowest BCUT2D eigenvalue weighted by molar-refractivity contribution is 0.102. The zero-order valence-electron chi connectivity index (χ0n) is 17.9. The maximum atomic E-state index is 12.7. The molecule has 0 spiro atoms. The molecule has 168 valence electrons. The van der Waals surface area contributed by atoms with Crippen LogP contribution in [0.2, 0.25) is 10.0 Å². The van der Waals surface area contributed by atoms with Crippen LogP contribution in [0.3, 0.4) is 0 Å². The van der Waals surface area contributed by atoms with Crippen LogP contribution in [-0.4, -0.2) is 46.2 Å². The lowest BCUT2D eigenvalue weighted by Crippen LogP contribution is -2.24. The van der Waals surface area contributed by atoms with E-state index in [9.17, 15) is 9.90 Å². The molecule has 2 aromatic heterocycles. The molecule has 0 aliphatic carbocycles. The molecular weight excluding hydrogens is 451 g/mol. The van der Waals surface area contributed by atoms with Crippen LogP contribution in [-0.2, 0) is 0 Å². The molecule has 1 amide bonds. The monoisotopic (exact) mass is 474 g/mol. The van der Waals surface area contributed by atoms with Crippen LogP contribution >= 0.6 is 23.2 Å². The molecule has 1 aromatic carbocycles. The van der Waals surface area contributed by atoms with E-state index in [1.807, 2.05) is 27.0 Å². The molecule has 8 nitrogen and oxygen atoms in total. The summed E-state index contributed by atoms with van der Waals surface area (Å²) in [5.74, 6) is 1.28. The highest BCUT2D eigenvalue weighted by Crippen LogP contribution is 2.26. The zero-order valence-corrected chi connectivity index (χ0v) is 19.4. The van der Waals surface area contributed by atoms with Gasteiger partial charge in [0.25, 0.3) is 5.91 Å². The van der Waals surface area contributed by atoms with Crippen molar-refractivity contribution >= 4 is 52.4 Å². The number of benzene rings is 1. The molecule has 0 fully saturated rings. The number of halogens is 2. The van der Waals surface area contributed by atoms with Crippen LogP contribution in [0.15, 0.2) is 42.6 Å². The molecule has 0 aliphatic rings. The first-order chi connectivity index (χ1) is 15.3. The van der Waals surface area contributed by atoms with Crippen molar-refractivity contribution in [2.75, 3.05) is 35.7 Å². The van der Waals surface area contributed by atoms with Gasteiger partial charge in [0.15, 0.2) is 0 Å². The van der Waals surface area contributed by atoms with Crippen molar-refractivity contribution in [2.45, 2.75) is 19.8 Å². The molecule has 0 unspecified atom stereocenters. The van der Waals surface area contributed by atoms with E-state index in [4.69, 9.17) is 23.2 Å². The van der Waals surface area contributed by atoms with Crippen LogP contribution in [0.25, 0.3) is 0 Å². The third kappa shape index (κ3) is 5.85. The minimum atomic E-state index is -0.421. The quantitative estimate of drug-likeness (QED) is 0.433. The normalized spacial score (nSPS) is 10.8. The lowest BCUT2D eigenvalue weighted by Gasteiger charge is -2.19. The van der Waals surface area contributed by atoms with Crippen LogP contribution < -0.4 is 15.5 Å². The number of pyridine rings is 1. The Morgan fingerprint density at radius 2 is 1.84 bits per heavy atom. The molecule has 0 saturated carbocycles. The second kappa shape index (κ2) is 10.6. The molecule has 0 atom stereocenters. The number of amides is 1. The number of aliphatic hydroxyl groups is 1. The van der Waals surface area contributed by atoms with Crippen LogP contribution in [0.4, 0.5) is 23.3 Å². The van der Waals surface area contributed by atoms with E-state index in [0.29, 0.717) is 29.8 Å². The molecule has 2 heterocycles. The molecule has 32 heavy (non-hydrogen) atoms. The van der Waals surface area contributed by atoms with Crippen molar-refractivity contribution < 1.29 is 9.90 Å². The number of hydrogen-bond donors (Lipinski definition) is 3. The van der Waals surface area contributed by atoms with E-state index in [-0.39, 0.29) is 28.1 Å². The molecule has 3 N–H and O–H groups in total. The van der Waals surface area contributed by atoms with Gasteiger partial charge >= 0.3 is 0 Å². The van der Waals surface area contributed by atoms with E-state index in [1.54, 1.807) is 41.4 Å². The van der Waals surface area contributed by atoms with Crippen LogP contribution in [0.5, 0.6) is 0 Å². The molecular formula is C22H24Cl2N6O2. The maximum absolute atomic E-state index is 12.7. The molecule has 0 saturated heterocycles. The predicted octanol–water partition coefficient (Wildman–Crippen LogP) is 4.73. The van der Waals surface area contributed by atoms with Gasteiger partial charge in [0.2, 0.25) is 5.95 Å². The Hall–Kier alpha value is -2.94. The summed E-state index contributed by atoms with van der Waals surface area (Å²) < 4.78 is 0. The van der Waals surface area contributed by atoms with Gasteiger partial charge in [-0.25, -0.2) is 9.97 Å². The topological polar surface area (TPSA) is 103 Å². The smallest absolute Gasteiger partial charge is 0.258 e. The van der Waals surface area contributed by atoms with E-state index < -0.39 is 5.91 Å². The zero-order chi connectivity index (χ0) is 23.3. The molecule has 0 aliphatic heterocycles. The van der Waals surface area contributed by atoms with Crippen molar-refractivity contribution in [3.63, 3.8) is 0 Å². The first-order valence-corrected chi connectivity index (χ1v) is 10.7. The summed E-state index contributed by atoms with van der Waals surface area (Å²) in [7, 11) is 1.81. The largest absolute Gasteiger partial charge is 0.395 e. The van der Waals surface area contributed by atoms with Gasteiger partial charge in [-0.1, -0.05) is 43.1 Å². The number of carbonyl (C=O) groups is 1. The van der Waals surface area contributed by atoms with Gasteiger partial charge < -0.3 is 20.6 Å². The summed E-state index contributed by atoms with van der Waals surface area (Å²) in [6.07, 6.45) is 1.56. The van der Waals surface area contributed by atoms with Gasteiger partial charge in [-0.15, -0.1) is 0 Å². The summed E-state index contributed by atoms with van der Waals surface area (Å²) in [5, 5.41) is 15.7. The van der Waals surface area contributed by atoms with Crippen molar-refractivity contribution in [1.82, 2.24) is 15.0 Å². The minimum Gasteiger partial charge on any atom is -0.395 e. The second-order valence-electron chi connectivity index (χ2n) is 7.38. The van der Waals surface area contributed by atoms with Crippen molar-refractivity contribution in [1.29, 1.82) is 0 Å². The Labute approximate surface area is 196 Å². The standard InChI is InChI=1S/C22H24Cl2N6O2/c1-13(2)17-12-19(29-22(27-17)30(3)9-10-31)28-18-11-14(7-8-25-18)26-21(32)20-15(23)5-4-6-16(20)24/h4-8,11-13,31H,9-10H2,1-3H3,(H2,25,26,27,28,29,32). The van der Waals surface area contributed by atoms with Crippen molar-refractivity contribution in [2.24, 2.45) is 0 Å². The Morgan fingerprint density at radius 1 is 1.12 bits per heavy atom. The summed E-state index contributed by atoms with van der Waals surface area (Å²) in [4.78, 5) is 27.8. The highest BCUT2D eigenvalue weighted by Gasteiger charge is 2.15. The number of likely N-dealkylation sites (N-methyl/N-ethyl adjacent to an activating group) is 1. The number of aliphatic hydroxyl groups excluding tert-OH is 1. The second-order valence-corrected chi connectivity index (χ2v) is 8.20. The van der Waals surface area contributed by atoms with E-state index in [2.05, 4.69) is 25.6 Å². The molecule has 0 bridgehead atoms. The number of hydrogen-bond acceptors (Lipinski definition) is 7. The SMILES string of the molecule is CC(C)c1cc(Nc2cc(NC(=O)c3c(Cl)cccc3Cl)ccn2)nc(N(C)CCO)n1. The molecule has 3 aromatic rings. The Morgan fingerprint density at radius 3 is 2.50 bits per heavy atom. The number of aromatic nitrogens is 3. The van der Waals surface area contributed by atoms with Crippen LogP contribution in [0, 0.1) is 0 Å². The minimum absolute atomic E-state index is 0.00667. The maximum Gasteiger partial charge on any atom is 0.258 e. The number of nitrogens with zero attached hydrogens (tertiary/aromatic N) is 4. The highest BCUT2D eigenvalue weighted by molar-refractivity contribution is 6.40. The third-order valence-electron chi connectivity index (χ3n) is 4.57. The van der Waals surface area contributed by atoms with Crippen molar-refractivity contribution in [3.05, 3.63) is 63.9 Å². The van der Waals surface area contributed by atoms with Gasteiger partial charge in [-0.3, -0.25) is 4.79 Å². The fraction of sp³-hybridized carbons (Fsp3) is 0.273. The molecule has 3 rings (SSSR count). The average Bonchev–Trinajstić information content (AvgIpc) is 2.73. The van der Waals surface area contributed by atoms with Gasteiger partial charge in [0.1, 0.15) is 11.6 Å². The Bertz CT molecular complexity index is 1090. The number of carbonyl (C=O) groups excluding carboxylic acids is 1. The summed E-state index contributed by atoms with van der Waals surface area (Å²) in [6, 6.07) is 10.1. The van der Waals surface area contributed by atoms with E-state index in [1.165, 1.54) is 0 Å². The molecule has 0 radical (unpaired) electrons. The Kier molecular flexibility index (Phi) is 7.84. The van der Waals surface area contributed by atoms with Gasteiger partial charge in [0.05, 0.1) is 27.9 Å². The number of anilines is 4. The van der Waals surface area contributed by atoms with Crippen molar-refractivity contribution in [3.8, 4) is 0 Å². The number of nitrogens with one attached hydrogen (secondary N) is 2.